The monoisotopic (exact) mass is 405 g/mol. The van der Waals surface area contributed by atoms with E-state index in [-0.39, 0.29) is 16.8 Å². The SMILES string of the molecule is O=C(Nc1cc(Cl)ccc1F)C(=O)N1CCC[C@@H]1c1nnc2n1CCCCC2. The van der Waals surface area contributed by atoms with Crippen molar-refractivity contribution in [2.75, 3.05) is 11.9 Å². The topological polar surface area (TPSA) is 80.1 Å². The number of hydrogen-bond acceptors (Lipinski definition) is 4. The van der Waals surface area contributed by atoms with Gasteiger partial charge in [-0.15, -0.1) is 10.2 Å². The summed E-state index contributed by atoms with van der Waals surface area (Å²) in [5.74, 6) is -0.551. The summed E-state index contributed by atoms with van der Waals surface area (Å²) < 4.78 is 16.0. The molecular weight excluding hydrogens is 385 g/mol. The fourth-order valence-electron chi connectivity index (χ4n) is 3.93. The molecule has 2 amide bonds. The molecule has 2 aliphatic rings. The molecule has 0 radical (unpaired) electrons. The second-order valence-corrected chi connectivity index (χ2v) is 7.61. The minimum Gasteiger partial charge on any atom is -0.324 e. The molecule has 0 spiro atoms. The van der Waals surface area contributed by atoms with Crippen LogP contribution in [0.2, 0.25) is 5.02 Å². The maximum absolute atomic E-state index is 13.9. The largest absolute Gasteiger partial charge is 0.324 e. The minimum absolute atomic E-state index is 0.113. The maximum Gasteiger partial charge on any atom is 0.314 e. The van der Waals surface area contributed by atoms with Crippen molar-refractivity contribution in [2.45, 2.75) is 51.1 Å². The predicted molar refractivity (Wildman–Crippen MR) is 101 cm³/mol. The highest BCUT2D eigenvalue weighted by molar-refractivity contribution is 6.39. The molecule has 1 saturated heterocycles. The highest BCUT2D eigenvalue weighted by Crippen LogP contribution is 2.32. The molecule has 1 fully saturated rings. The first-order valence-electron chi connectivity index (χ1n) is 9.53. The van der Waals surface area contributed by atoms with Crippen LogP contribution in [0.3, 0.4) is 0 Å². The van der Waals surface area contributed by atoms with E-state index in [9.17, 15) is 14.0 Å². The van der Waals surface area contributed by atoms with Crippen LogP contribution in [0.25, 0.3) is 0 Å². The molecule has 2 aromatic rings. The van der Waals surface area contributed by atoms with E-state index in [2.05, 4.69) is 20.1 Å². The highest BCUT2D eigenvalue weighted by Gasteiger charge is 2.37. The van der Waals surface area contributed by atoms with E-state index in [0.717, 1.165) is 62.8 Å². The van der Waals surface area contributed by atoms with Crippen LogP contribution in [0.15, 0.2) is 18.2 Å². The second kappa shape index (κ2) is 7.87. The van der Waals surface area contributed by atoms with Crippen LogP contribution in [0.4, 0.5) is 10.1 Å². The van der Waals surface area contributed by atoms with Gasteiger partial charge in [0.15, 0.2) is 5.82 Å². The van der Waals surface area contributed by atoms with E-state index in [4.69, 9.17) is 11.6 Å². The molecule has 2 aliphatic heterocycles. The number of benzene rings is 1. The Kier molecular flexibility index (Phi) is 5.30. The second-order valence-electron chi connectivity index (χ2n) is 7.17. The summed E-state index contributed by atoms with van der Waals surface area (Å²) in [6.45, 7) is 1.28. The number of nitrogens with one attached hydrogen (secondary N) is 1. The molecule has 1 atom stereocenters. The Morgan fingerprint density at radius 3 is 2.86 bits per heavy atom. The quantitative estimate of drug-likeness (QED) is 0.778. The number of aryl methyl sites for hydroxylation is 1. The highest BCUT2D eigenvalue weighted by atomic mass is 35.5. The standard InChI is InChI=1S/C19H21ClFN5O2/c20-12-7-8-13(21)14(11-12)22-18(27)19(28)25-10-4-5-15(25)17-24-23-16-6-2-1-3-9-26(16)17/h7-8,11,15H,1-6,9-10H2,(H,22,27)/t15-/m1/s1. The number of carbonyl (C=O) groups excluding carboxylic acids is 2. The first-order valence-corrected chi connectivity index (χ1v) is 9.91. The first-order chi connectivity index (χ1) is 13.5. The number of rotatable bonds is 2. The van der Waals surface area contributed by atoms with Crippen LogP contribution in [-0.4, -0.2) is 38.0 Å². The van der Waals surface area contributed by atoms with Gasteiger partial charge in [0, 0.05) is 24.5 Å². The third-order valence-electron chi connectivity index (χ3n) is 5.32. The van der Waals surface area contributed by atoms with Gasteiger partial charge in [-0.3, -0.25) is 9.59 Å². The zero-order chi connectivity index (χ0) is 19.7. The Balaban J connectivity index is 1.53. The molecule has 1 N–H and O–H groups in total. The lowest BCUT2D eigenvalue weighted by atomic mass is 10.2. The molecule has 4 rings (SSSR count). The zero-order valence-electron chi connectivity index (χ0n) is 15.3. The van der Waals surface area contributed by atoms with E-state index in [1.54, 1.807) is 0 Å². The number of carbonyl (C=O) groups is 2. The lowest BCUT2D eigenvalue weighted by molar-refractivity contribution is -0.143. The summed E-state index contributed by atoms with van der Waals surface area (Å²) in [7, 11) is 0. The van der Waals surface area contributed by atoms with Gasteiger partial charge in [0.05, 0.1) is 11.7 Å². The van der Waals surface area contributed by atoms with Crippen LogP contribution in [0.1, 0.15) is 49.8 Å². The van der Waals surface area contributed by atoms with Crippen molar-refractivity contribution in [1.29, 1.82) is 0 Å². The molecule has 0 saturated carbocycles. The van der Waals surface area contributed by atoms with Gasteiger partial charge in [-0.1, -0.05) is 18.0 Å². The molecule has 0 bridgehead atoms. The van der Waals surface area contributed by atoms with Gasteiger partial charge in [0.25, 0.3) is 0 Å². The average molecular weight is 406 g/mol. The van der Waals surface area contributed by atoms with Crippen LogP contribution in [-0.2, 0) is 22.6 Å². The Morgan fingerprint density at radius 2 is 2.00 bits per heavy atom. The fraction of sp³-hybridized carbons (Fsp3) is 0.474. The van der Waals surface area contributed by atoms with Crippen molar-refractivity contribution in [1.82, 2.24) is 19.7 Å². The lowest BCUT2D eigenvalue weighted by Gasteiger charge is -2.24. The third kappa shape index (κ3) is 3.61. The van der Waals surface area contributed by atoms with E-state index < -0.39 is 17.6 Å². The molecule has 148 valence electrons. The zero-order valence-corrected chi connectivity index (χ0v) is 16.1. The van der Waals surface area contributed by atoms with Gasteiger partial charge in [-0.05, 0) is 43.9 Å². The Labute approximate surface area is 166 Å². The van der Waals surface area contributed by atoms with Gasteiger partial charge in [-0.25, -0.2) is 4.39 Å². The number of likely N-dealkylation sites (tertiary alicyclic amines) is 1. The summed E-state index contributed by atoms with van der Waals surface area (Å²) in [4.78, 5) is 26.8. The number of fused-ring (bicyclic) bond motifs is 1. The van der Waals surface area contributed by atoms with Gasteiger partial charge in [-0.2, -0.15) is 0 Å². The van der Waals surface area contributed by atoms with E-state index >= 15 is 0 Å². The average Bonchev–Trinajstić information content (AvgIpc) is 3.24. The van der Waals surface area contributed by atoms with Crippen LogP contribution in [0.5, 0.6) is 0 Å². The number of aromatic nitrogens is 3. The van der Waals surface area contributed by atoms with E-state index in [0.29, 0.717) is 6.54 Å². The van der Waals surface area contributed by atoms with Gasteiger partial charge < -0.3 is 14.8 Å². The number of amides is 2. The number of anilines is 1. The predicted octanol–water partition coefficient (Wildman–Crippen LogP) is 3.10. The summed E-state index contributed by atoms with van der Waals surface area (Å²) in [6.07, 6.45) is 5.65. The summed E-state index contributed by atoms with van der Waals surface area (Å²) in [5, 5.41) is 11.2. The molecular formula is C19H21ClFN5O2. The van der Waals surface area contributed by atoms with Gasteiger partial charge >= 0.3 is 11.8 Å². The summed E-state index contributed by atoms with van der Waals surface area (Å²) >= 11 is 5.85. The fourth-order valence-corrected chi connectivity index (χ4v) is 4.10. The van der Waals surface area contributed by atoms with Crippen molar-refractivity contribution in [3.05, 3.63) is 40.7 Å². The smallest absolute Gasteiger partial charge is 0.314 e. The Hall–Kier alpha value is -2.48. The molecule has 1 aromatic carbocycles. The van der Waals surface area contributed by atoms with Crippen molar-refractivity contribution < 1.29 is 14.0 Å². The van der Waals surface area contributed by atoms with Crippen molar-refractivity contribution in [2.24, 2.45) is 0 Å². The summed E-state index contributed by atoms with van der Waals surface area (Å²) in [5.41, 5.74) is -0.113. The third-order valence-corrected chi connectivity index (χ3v) is 5.56. The minimum atomic E-state index is -0.885. The Morgan fingerprint density at radius 1 is 1.14 bits per heavy atom. The van der Waals surface area contributed by atoms with Crippen molar-refractivity contribution in [3.8, 4) is 0 Å². The van der Waals surface area contributed by atoms with Gasteiger partial charge in [0.1, 0.15) is 11.6 Å². The number of nitrogens with zero attached hydrogens (tertiary/aromatic N) is 4. The van der Waals surface area contributed by atoms with Crippen molar-refractivity contribution >= 4 is 29.1 Å². The molecule has 3 heterocycles. The molecule has 0 aliphatic carbocycles. The first kappa shape index (κ1) is 18.9. The number of hydrogen-bond donors (Lipinski definition) is 1. The van der Waals surface area contributed by atoms with E-state index in [1.807, 2.05) is 0 Å². The molecule has 9 heteroatoms. The van der Waals surface area contributed by atoms with Gasteiger partial charge in [0.2, 0.25) is 0 Å². The Bertz CT molecular complexity index is 916. The molecule has 0 unspecified atom stereocenters. The molecule has 1 aromatic heterocycles. The maximum atomic E-state index is 13.9. The summed E-state index contributed by atoms with van der Waals surface area (Å²) in [6, 6.07) is 3.51. The molecule has 7 nitrogen and oxygen atoms in total. The van der Waals surface area contributed by atoms with Crippen LogP contribution < -0.4 is 5.32 Å². The molecule has 28 heavy (non-hydrogen) atoms. The van der Waals surface area contributed by atoms with Crippen molar-refractivity contribution in [3.63, 3.8) is 0 Å². The number of halogens is 2. The normalized spacial score (nSPS) is 19.2. The van der Waals surface area contributed by atoms with Crippen LogP contribution >= 0.6 is 11.6 Å². The van der Waals surface area contributed by atoms with E-state index in [1.165, 1.54) is 17.0 Å². The van der Waals surface area contributed by atoms with Crippen LogP contribution in [0, 0.1) is 5.82 Å². The lowest BCUT2D eigenvalue weighted by Crippen LogP contribution is -2.40.